The summed E-state index contributed by atoms with van der Waals surface area (Å²) < 4.78 is 0. The monoisotopic (exact) mass is 571 g/mol. The molecule has 1 atom stereocenters. The van der Waals surface area contributed by atoms with Gasteiger partial charge in [-0.3, -0.25) is 4.79 Å². The van der Waals surface area contributed by atoms with Crippen molar-refractivity contribution in [2.45, 2.75) is 50.4 Å². The van der Waals surface area contributed by atoms with Crippen LogP contribution in [0, 0.1) is 5.41 Å². The number of carboxylic acid groups (broad SMARTS) is 1. The zero-order chi connectivity index (χ0) is 28.3. The number of hydrogen-bond donors (Lipinski definition) is 2. The van der Waals surface area contributed by atoms with Crippen LogP contribution in [-0.4, -0.2) is 26.9 Å². The molecule has 1 aliphatic rings. The zero-order valence-electron chi connectivity index (χ0n) is 22.8. The van der Waals surface area contributed by atoms with Crippen LogP contribution in [0.1, 0.15) is 66.3 Å². The van der Waals surface area contributed by atoms with Gasteiger partial charge in [0.25, 0.3) is 0 Å². The number of halogens is 1. The number of carboxylic acids is 1. The number of aryl methyl sites for hydroxylation is 1. The van der Waals surface area contributed by atoms with E-state index >= 15 is 0 Å². The minimum atomic E-state index is -0.923. The first-order valence-corrected chi connectivity index (χ1v) is 15.1. The van der Waals surface area contributed by atoms with Gasteiger partial charge in [-0.25, -0.2) is 4.98 Å². The molecule has 0 radical (unpaired) electrons. The number of nitrogens with zero attached hydrogens (tertiary/aromatic N) is 1. The number of hydrogen-bond acceptors (Lipinski definition) is 4. The van der Waals surface area contributed by atoms with Gasteiger partial charge in [-0.1, -0.05) is 78.3 Å². The quantitative estimate of drug-likeness (QED) is 0.189. The average Bonchev–Trinajstić information content (AvgIpc) is 3.73. The molecule has 0 unspecified atom stereocenters. The van der Waals surface area contributed by atoms with Gasteiger partial charge in [0, 0.05) is 21.4 Å². The lowest BCUT2D eigenvalue weighted by Crippen LogP contribution is -2.19. The highest BCUT2D eigenvalue weighted by atomic mass is 35.5. The van der Waals surface area contributed by atoms with Crippen molar-refractivity contribution in [1.29, 1.82) is 0 Å². The molecule has 206 valence electrons. The number of carbonyl (C=O) groups is 1. The van der Waals surface area contributed by atoms with Crippen LogP contribution >= 0.6 is 23.4 Å². The van der Waals surface area contributed by atoms with Gasteiger partial charge in [0.05, 0.1) is 22.2 Å². The molecule has 0 amide bonds. The van der Waals surface area contributed by atoms with Crippen molar-refractivity contribution in [3.8, 4) is 0 Å². The second kappa shape index (κ2) is 11.8. The van der Waals surface area contributed by atoms with E-state index in [-0.39, 0.29) is 5.25 Å². The third-order valence-electron chi connectivity index (χ3n) is 7.63. The molecule has 5 rings (SSSR count). The summed E-state index contributed by atoms with van der Waals surface area (Å²) >= 11 is 7.90. The number of rotatable bonds is 11. The molecule has 0 aliphatic heterocycles. The second-order valence-corrected chi connectivity index (χ2v) is 12.8. The fraction of sp³-hybridized carbons (Fsp3) is 0.294. The highest BCUT2D eigenvalue weighted by molar-refractivity contribution is 7.99. The van der Waals surface area contributed by atoms with Crippen molar-refractivity contribution in [3.05, 3.63) is 112 Å². The third-order valence-corrected chi connectivity index (χ3v) is 9.49. The van der Waals surface area contributed by atoms with E-state index in [2.05, 4.69) is 36.4 Å². The van der Waals surface area contributed by atoms with Crippen LogP contribution in [-0.2, 0) is 16.8 Å². The summed E-state index contributed by atoms with van der Waals surface area (Å²) in [4.78, 5) is 16.6. The third kappa shape index (κ3) is 6.77. The molecular formula is C34H34ClNO3S. The molecule has 1 aliphatic carbocycles. The molecule has 1 fully saturated rings. The lowest BCUT2D eigenvalue weighted by atomic mass is 9.90. The van der Waals surface area contributed by atoms with Crippen molar-refractivity contribution in [2.24, 2.45) is 5.41 Å². The van der Waals surface area contributed by atoms with Crippen molar-refractivity contribution in [2.75, 3.05) is 5.75 Å². The summed E-state index contributed by atoms with van der Waals surface area (Å²) in [7, 11) is 0. The molecule has 0 saturated heterocycles. The van der Waals surface area contributed by atoms with E-state index in [1.54, 1.807) is 11.8 Å². The Bertz CT molecular complexity index is 1550. The van der Waals surface area contributed by atoms with E-state index in [0.29, 0.717) is 10.8 Å². The van der Waals surface area contributed by atoms with Gasteiger partial charge < -0.3 is 10.2 Å². The molecule has 2 N–H and O–H groups in total. The molecule has 40 heavy (non-hydrogen) atoms. The van der Waals surface area contributed by atoms with Gasteiger partial charge in [-0.2, -0.15) is 11.8 Å². The Labute approximate surface area is 245 Å². The maximum atomic E-state index is 11.9. The molecule has 4 nitrogen and oxygen atoms in total. The van der Waals surface area contributed by atoms with Crippen LogP contribution in [0.4, 0.5) is 0 Å². The van der Waals surface area contributed by atoms with Gasteiger partial charge in [0.15, 0.2) is 0 Å². The topological polar surface area (TPSA) is 70.4 Å². The van der Waals surface area contributed by atoms with Crippen LogP contribution in [0.25, 0.3) is 23.1 Å². The molecule has 0 spiro atoms. The maximum Gasteiger partial charge on any atom is 0.310 e. The van der Waals surface area contributed by atoms with Gasteiger partial charge in [0.1, 0.15) is 0 Å². The largest absolute Gasteiger partial charge is 0.481 e. The van der Waals surface area contributed by atoms with Crippen molar-refractivity contribution < 1.29 is 15.0 Å². The summed E-state index contributed by atoms with van der Waals surface area (Å²) in [6, 6.07) is 26.2. The van der Waals surface area contributed by atoms with E-state index in [1.165, 1.54) is 5.56 Å². The zero-order valence-corrected chi connectivity index (χ0v) is 24.4. The number of aromatic nitrogens is 1. The predicted molar refractivity (Wildman–Crippen MR) is 167 cm³/mol. The van der Waals surface area contributed by atoms with Crippen LogP contribution in [0.5, 0.6) is 0 Å². The highest BCUT2D eigenvalue weighted by Gasteiger charge is 2.50. The van der Waals surface area contributed by atoms with Gasteiger partial charge in [0.2, 0.25) is 0 Å². The van der Waals surface area contributed by atoms with E-state index in [9.17, 15) is 15.0 Å². The molecule has 3 aromatic carbocycles. The van der Waals surface area contributed by atoms with Crippen molar-refractivity contribution in [1.82, 2.24) is 4.98 Å². The smallest absolute Gasteiger partial charge is 0.310 e. The van der Waals surface area contributed by atoms with E-state index in [0.717, 1.165) is 59.0 Å². The molecule has 1 aromatic heterocycles. The number of pyridine rings is 1. The van der Waals surface area contributed by atoms with Crippen LogP contribution in [0.15, 0.2) is 78.9 Å². The number of aliphatic hydroxyl groups is 1. The minimum Gasteiger partial charge on any atom is -0.481 e. The second-order valence-electron chi connectivity index (χ2n) is 11.2. The first-order valence-electron chi connectivity index (χ1n) is 13.6. The maximum absolute atomic E-state index is 11.9. The lowest BCUT2D eigenvalue weighted by molar-refractivity contribution is -0.142. The molecule has 4 aromatic rings. The summed E-state index contributed by atoms with van der Waals surface area (Å²) in [5.74, 6) is -0.0870. The fourth-order valence-corrected chi connectivity index (χ4v) is 6.76. The number of benzene rings is 3. The van der Waals surface area contributed by atoms with Crippen LogP contribution in [0.2, 0.25) is 5.02 Å². The average molecular weight is 572 g/mol. The normalized spacial score (nSPS) is 15.4. The minimum absolute atomic E-state index is 0.126. The predicted octanol–water partition coefficient (Wildman–Crippen LogP) is 8.56. The summed E-state index contributed by atoms with van der Waals surface area (Å²) in [5.41, 5.74) is 4.50. The molecule has 1 saturated carbocycles. The van der Waals surface area contributed by atoms with Crippen molar-refractivity contribution >= 4 is 52.4 Å². The van der Waals surface area contributed by atoms with Crippen LogP contribution < -0.4 is 0 Å². The lowest BCUT2D eigenvalue weighted by Gasteiger charge is -2.24. The Morgan fingerprint density at radius 3 is 2.58 bits per heavy atom. The number of fused-ring (bicyclic) bond motifs is 1. The number of aliphatic carboxylic acids is 1. The summed E-state index contributed by atoms with van der Waals surface area (Å²) in [5, 5.41) is 22.3. The SMILES string of the molecule is CC(C)(O)c1ccccc1CC[C@H](SCC1(C(=O)O)CC1)c1cccc(C=Cc2ccc3ccc(Cl)cc3n2)c1. The van der Waals surface area contributed by atoms with Crippen molar-refractivity contribution in [3.63, 3.8) is 0 Å². The molecule has 6 heteroatoms. The van der Waals surface area contributed by atoms with E-state index < -0.39 is 17.0 Å². The Morgan fingerprint density at radius 2 is 1.82 bits per heavy atom. The number of thioether (sulfide) groups is 1. The molecule has 0 bridgehead atoms. The first kappa shape index (κ1) is 28.4. The van der Waals surface area contributed by atoms with Gasteiger partial charge in [-0.15, -0.1) is 0 Å². The standard InChI is InChI=1S/C34H34ClNO3S/c1-33(2,39)29-9-4-3-7-24(29)13-17-31(40-22-34(18-19-34)32(37)38)26-8-5-6-23(20-26)10-15-28-16-12-25-11-14-27(35)21-30(25)36-28/h3-12,14-16,20-21,31,39H,13,17-19,22H2,1-2H3,(H,37,38)/t31-/m0/s1. The summed E-state index contributed by atoms with van der Waals surface area (Å²) in [6.07, 6.45) is 7.19. The Hall–Kier alpha value is -3.12. The molecular weight excluding hydrogens is 538 g/mol. The molecule has 1 heterocycles. The Balaban J connectivity index is 1.38. The van der Waals surface area contributed by atoms with E-state index in [1.807, 2.05) is 68.5 Å². The van der Waals surface area contributed by atoms with Crippen LogP contribution in [0.3, 0.4) is 0 Å². The van der Waals surface area contributed by atoms with Gasteiger partial charge >= 0.3 is 5.97 Å². The van der Waals surface area contributed by atoms with E-state index in [4.69, 9.17) is 16.6 Å². The summed E-state index contributed by atoms with van der Waals surface area (Å²) in [6.45, 7) is 3.63. The highest BCUT2D eigenvalue weighted by Crippen LogP contribution is 2.51. The first-order chi connectivity index (χ1) is 19.1. The Kier molecular flexibility index (Phi) is 8.37. The van der Waals surface area contributed by atoms with Gasteiger partial charge in [-0.05, 0) is 86.1 Å². The Morgan fingerprint density at radius 1 is 1.05 bits per heavy atom. The fourth-order valence-electron chi connectivity index (χ4n) is 5.04.